The lowest BCUT2D eigenvalue weighted by atomic mass is 10.0. The molecule has 0 radical (unpaired) electrons. The Morgan fingerprint density at radius 3 is 2.13 bits per heavy atom. The number of amides is 2. The molecule has 4 nitrogen and oxygen atoms in total. The Morgan fingerprint density at radius 2 is 1.43 bits per heavy atom. The first kappa shape index (κ1) is 21.8. The van der Waals surface area contributed by atoms with Crippen molar-refractivity contribution in [3.8, 4) is 0 Å². The van der Waals surface area contributed by atoms with E-state index < -0.39 is 0 Å². The van der Waals surface area contributed by atoms with Crippen LogP contribution in [0.5, 0.6) is 0 Å². The van der Waals surface area contributed by atoms with E-state index in [1.54, 1.807) is 9.80 Å². The Hall–Kier alpha value is -2.88. The van der Waals surface area contributed by atoms with Crippen LogP contribution in [-0.4, -0.2) is 25.9 Å². The number of anilines is 2. The standard InChI is InChI=1S/C13H17NO.C13H15NO/c2*1-9-4-6-11-7-5-10(2)13(15)14(3)12(11)8-9/h4,6,8,10H,5,7H2,1-3H3;4-8,10H,1-3H3. The minimum atomic E-state index is -0.0392. The molecule has 30 heavy (non-hydrogen) atoms. The average molecular weight is 405 g/mol. The predicted octanol–water partition coefficient (Wildman–Crippen LogP) is 5.16. The number of aryl methyl sites for hydroxylation is 3. The number of carbonyl (C=O) groups excluding carboxylic acids is 2. The quantitative estimate of drug-likeness (QED) is 0.608. The van der Waals surface area contributed by atoms with Crippen molar-refractivity contribution in [3.05, 3.63) is 64.7 Å². The highest BCUT2D eigenvalue weighted by atomic mass is 16.2. The van der Waals surface area contributed by atoms with Gasteiger partial charge in [-0.2, -0.15) is 0 Å². The Labute approximate surface area is 180 Å². The van der Waals surface area contributed by atoms with Crippen LogP contribution in [0.25, 0.3) is 6.08 Å². The lowest BCUT2D eigenvalue weighted by Gasteiger charge is -2.19. The van der Waals surface area contributed by atoms with Crippen LogP contribution in [0.4, 0.5) is 11.4 Å². The van der Waals surface area contributed by atoms with Crippen LogP contribution in [0.15, 0.2) is 42.5 Å². The molecule has 0 N–H and O–H groups in total. The summed E-state index contributed by atoms with van der Waals surface area (Å²) in [7, 11) is 3.71. The van der Waals surface area contributed by atoms with Crippen LogP contribution in [0.2, 0.25) is 0 Å². The third-order valence-electron chi connectivity index (χ3n) is 6.03. The van der Waals surface area contributed by atoms with E-state index in [-0.39, 0.29) is 23.7 Å². The van der Waals surface area contributed by atoms with E-state index in [0.717, 1.165) is 29.8 Å². The summed E-state index contributed by atoms with van der Waals surface area (Å²) in [5.74, 6) is 0.486. The maximum atomic E-state index is 11.9. The van der Waals surface area contributed by atoms with Gasteiger partial charge in [0.2, 0.25) is 11.8 Å². The van der Waals surface area contributed by atoms with Crippen molar-refractivity contribution >= 4 is 29.3 Å². The van der Waals surface area contributed by atoms with Gasteiger partial charge in [-0.1, -0.05) is 50.3 Å². The summed E-state index contributed by atoms with van der Waals surface area (Å²) in [6.07, 6.45) is 5.95. The highest BCUT2D eigenvalue weighted by Gasteiger charge is 2.24. The fraction of sp³-hybridized carbons (Fsp3) is 0.385. The van der Waals surface area contributed by atoms with E-state index in [1.165, 1.54) is 16.7 Å². The van der Waals surface area contributed by atoms with Gasteiger partial charge in [0.25, 0.3) is 0 Å². The first-order chi connectivity index (χ1) is 14.2. The third kappa shape index (κ3) is 4.48. The molecule has 0 spiro atoms. The van der Waals surface area contributed by atoms with Crippen LogP contribution in [0.3, 0.4) is 0 Å². The smallest absolute Gasteiger partial charge is 0.233 e. The Bertz CT molecular complexity index is 993. The summed E-state index contributed by atoms with van der Waals surface area (Å²) in [6.45, 7) is 8.04. The molecule has 0 aromatic heterocycles. The summed E-state index contributed by atoms with van der Waals surface area (Å²) in [5, 5.41) is 0. The number of benzene rings is 2. The number of rotatable bonds is 0. The summed E-state index contributed by atoms with van der Waals surface area (Å²) in [6, 6.07) is 12.5. The lowest BCUT2D eigenvalue weighted by Crippen LogP contribution is -2.30. The maximum Gasteiger partial charge on any atom is 0.233 e. The van der Waals surface area contributed by atoms with E-state index in [2.05, 4.69) is 43.3 Å². The van der Waals surface area contributed by atoms with Gasteiger partial charge >= 0.3 is 0 Å². The van der Waals surface area contributed by atoms with E-state index in [1.807, 2.05) is 47.0 Å². The number of nitrogens with zero attached hydrogens (tertiary/aromatic N) is 2. The second kappa shape index (κ2) is 8.86. The minimum absolute atomic E-state index is 0.0392. The van der Waals surface area contributed by atoms with Crippen LogP contribution in [-0.2, 0) is 16.0 Å². The molecule has 4 heteroatoms. The molecule has 2 aromatic carbocycles. The Morgan fingerprint density at radius 1 is 0.833 bits per heavy atom. The predicted molar refractivity (Wildman–Crippen MR) is 125 cm³/mol. The number of fused-ring (bicyclic) bond motifs is 2. The fourth-order valence-electron chi connectivity index (χ4n) is 3.98. The van der Waals surface area contributed by atoms with E-state index in [0.29, 0.717) is 0 Å². The SMILES string of the molecule is Cc1ccc2c(c1)N(C)C(=O)C(C)C=C2.Cc1ccc2c(c1)N(C)C(=O)C(C)CC2. The molecule has 158 valence electrons. The highest BCUT2D eigenvalue weighted by molar-refractivity contribution is 5.99. The third-order valence-corrected chi connectivity index (χ3v) is 6.03. The molecule has 2 aliphatic heterocycles. The molecule has 2 unspecified atom stereocenters. The molecule has 0 bridgehead atoms. The van der Waals surface area contributed by atoms with Crippen LogP contribution < -0.4 is 9.80 Å². The topological polar surface area (TPSA) is 40.6 Å². The lowest BCUT2D eigenvalue weighted by molar-refractivity contribution is -0.121. The van der Waals surface area contributed by atoms with Crippen molar-refractivity contribution in [2.24, 2.45) is 11.8 Å². The summed E-state index contributed by atoms with van der Waals surface area (Å²) in [4.78, 5) is 27.4. The van der Waals surface area contributed by atoms with Gasteiger partial charge in [-0.05, 0) is 61.1 Å². The van der Waals surface area contributed by atoms with Gasteiger partial charge in [0.1, 0.15) is 0 Å². The van der Waals surface area contributed by atoms with Gasteiger partial charge in [-0.25, -0.2) is 0 Å². The molecule has 2 aliphatic rings. The zero-order chi connectivity index (χ0) is 22.0. The fourth-order valence-corrected chi connectivity index (χ4v) is 3.98. The molecule has 2 amide bonds. The highest BCUT2D eigenvalue weighted by Crippen LogP contribution is 2.29. The normalized spacial score (nSPS) is 20.6. The molecule has 2 heterocycles. The molecule has 2 atom stereocenters. The number of hydrogen-bond donors (Lipinski definition) is 0. The summed E-state index contributed by atoms with van der Waals surface area (Å²) >= 11 is 0. The summed E-state index contributed by atoms with van der Waals surface area (Å²) < 4.78 is 0. The van der Waals surface area contributed by atoms with Crippen molar-refractivity contribution in [1.82, 2.24) is 0 Å². The number of carbonyl (C=O) groups is 2. The molecular weight excluding hydrogens is 372 g/mol. The van der Waals surface area contributed by atoms with Crippen molar-refractivity contribution in [2.75, 3.05) is 23.9 Å². The molecular formula is C26H32N2O2. The molecule has 2 aromatic rings. The van der Waals surface area contributed by atoms with Crippen LogP contribution in [0, 0.1) is 25.7 Å². The first-order valence-corrected chi connectivity index (χ1v) is 10.6. The zero-order valence-electron chi connectivity index (χ0n) is 18.9. The van der Waals surface area contributed by atoms with Gasteiger partial charge < -0.3 is 9.80 Å². The maximum absolute atomic E-state index is 11.9. The van der Waals surface area contributed by atoms with Crippen LogP contribution >= 0.6 is 0 Å². The number of hydrogen-bond acceptors (Lipinski definition) is 2. The second-order valence-corrected chi connectivity index (χ2v) is 8.58. The monoisotopic (exact) mass is 404 g/mol. The Kier molecular flexibility index (Phi) is 6.45. The average Bonchev–Trinajstić information content (AvgIpc) is 2.90. The summed E-state index contributed by atoms with van der Waals surface area (Å²) in [5.41, 5.74) is 6.88. The van der Waals surface area contributed by atoms with Gasteiger partial charge in [0.15, 0.2) is 0 Å². The minimum Gasteiger partial charge on any atom is -0.315 e. The zero-order valence-corrected chi connectivity index (χ0v) is 18.9. The van der Waals surface area contributed by atoms with Gasteiger partial charge in [0, 0.05) is 25.7 Å². The Balaban J connectivity index is 0.000000171. The largest absolute Gasteiger partial charge is 0.315 e. The molecule has 4 rings (SSSR count). The van der Waals surface area contributed by atoms with Gasteiger partial charge in [-0.15, -0.1) is 0 Å². The molecule has 0 fully saturated rings. The van der Waals surface area contributed by atoms with Crippen LogP contribution in [0.1, 0.15) is 42.5 Å². The van der Waals surface area contributed by atoms with Crippen molar-refractivity contribution in [3.63, 3.8) is 0 Å². The van der Waals surface area contributed by atoms with Crippen molar-refractivity contribution in [1.29, 1.82) is 0 Å². The first-order valence-electron chi connectivity index (χ1n) is 10.6. The van der Waals surface area contributed by atoms with E-state index in [4.69, 9.17) is 0 Å². The second-order valence-electron chi connectivity index (χ2n) is 8.58. The van der Waals surface area contributed by atoms with Gasteiger partial charge in [0.05, 0.1) is 11.6 Å². The molecule has 0 aliphatic carbocycles. The van der Waals surface area contributed by atoms with E-state index >= 15 is 0 Å². The van der Waals surface area contributed by atoms with Crippen molar-refractivity contribution in [2.45, 2.75) is 40.5 Å². The van der Waals surface area contributed by atoms with Crippen molar-refractivity contribution < 1.29 is 9.59 Å². The van der Waals surface area contributed by atoms with Gasteiger partial charge in [-0.3, -0.25) is 9.59 Å². The molecule has 0 saturated carbocycles. The molecule has 0 saturated heterocycles. The van der Waals surface area contributed by atoms with E-state index in [9.17, 15) is 9.59 Å².